The number of carboxylic acids is 1. The highest BCUT2D eigenvalue weighted by molar-refractivity contribution is 6.30. The van der Waals surface area contributed by atoms with E-state index < -0.39 is 24.2 Å². The molecule has 29 heavy (non-hydrogen) atoms. The average molecular weight is 443 g/mol. The Kier molecular flexibility index (Phi) is 10.0. The maximum Gasteiger partial charge on any atom is 0.320 e. The monoisotopic (exact) mass is 442 g/mol. The predicted molar refractivity (Wildman–Crippen MR) is 113 cm³/mol. The summed E-state index contributed by atoms with van der Waals surface area (Å²) in [7, 11) is 0. The summed E-state index contributed by atoms with van der Waals surface area (Å²) < 4.78 is 0. The van der Waals surface area contributed by atoms with Gasteiger partial charge in [-0.3, -0.25) is 14.9 Å². The Bertz CT molecular complexity index is 752. The first kappa shape index (κ1) is 24.8. The first-order chi connectivity index (χ1) is 13.5. The largest absolute Gasteiger partial charge is 0.480 e. The van der Waals surface area contributed by atoms with Crippen molar-refractivity contribution in [1.29, 1.82) is 0 Å². The van der Waals surface area contributed by atoms with Crippen LogP contribution in [0.1, 0.15) is 37.3 Å². The Morgan fingerprint density at radius 2 is 1.41 bits per heavy atom. The summed E-state index contributed by atoms with van der Waals surface area (Å²) in [6.07, 6.45) is -0.536. The van der Waals surface area contributed by atoms with Gasteiger partial charge in [-0.15, -0.1) is 0 Å². The van der Waals surface area contributed by atoms with Crippen molar-refractivity contribution >= 4 is 29.2 Å². The molecule has 0 saturated heterocycles. The molecule has 0 bridgehead atoms. The van der Waals surface area contributed by atoms with E-state index in [-0.39, 0.29) is 17.3 Å². The van der Waals surface area contributed by atoms with Crippen molar-refractivity contribution < 1.29 is 19.9 Å². The van der Waals surface area contributed by atoms with Crippen molar-refractivity contribution in [2.45, 2.75) is 44.4 Å². The molecule has 2 aromatic carbocycles. The van der Waals surface area contributed by atoms with Crippen LogP contribution in [0, 0.1) is 10.1 Å². The van der Waals surface area contributed by atoms with Crippen molar-refractivity contribution in [3.05, 3.63) is 79.8 Å². The van der Waals surface area contributed by atoms with Crippen LogP contribution in [0.25, 0.3) is 0 Å². The lowest BCUT2D eigenvalue weighted by Gasteiger charge is -2.19. The molecule has 2 rings (SSSR count). The van der Waals surface area contributed by atoms with Gasteiger partial charge in [0.2, 0.25) is 6.04 Å². The summed E-state index contributed by atoms with van der Waals surface area (Å²) in [5.74, 6) is -1.41. The number of rotatable bonds is 7. The first-order valence-electron chi connectivity index (χ1n) is 8.83. The normalized spacial score (nSPS) is 13.8. The highest BCUT2D eigenvalue weighted by Gasteiger charge is 2.29. The van der Waals surface area contributed by atoms with Crippen LogP contribution in [0.15, 0.2) is 48.5 Å². The van der Waals surface area contributed by atoms with E-state index in [1.807, 2.05) is 24.3 Å². The molecule has 158 valence electrons. The first-order valence-corrected chi connectivity index (χ1v) is 9.59. The Morgan fingerprint density at radius 1 is 1.03 bits per heavy atom. The minimum absolute atomic E-state index is 0.106. The second kappa shape index (κ2) is 11.7. The molecule has 0 aliphatic carbocycles. The minimum atomic E-state index is -1.07. The van der Waals surface area contributed by atoms with Gasteiger partial charge in [-0.05, 0) is 48.7 Å². The summed E-state index contributed by atoms with van der Waals surface area (Å²) in [5, 5.41) is 29.2. The van der Waals surface area contributed by atoms with Crippen LogP contribution in [-0.2, 0) is 4.79 Å². The number of aliphatic hydroxyl groups excluding tert-OH is 1. The number of nitrogens with two attached hydrogens (primary N) is 1. The Labute approximate surface area is 179 Å². The number of carboxylic acid groups (broad SMARTS) is 1. The standard InChI is InChI=1S/C15H13Cl2NO2.C5H11NO3/c1-10(18(19)20)15(11-2-6-13(16)7-3-11)12-4-8-14(17)9-5-12;1-3(7)2-4(6)5(8)9/h2-10,15H,1H3;3-4,7H,2,6H2,1H3,(H,8,9). The van der Waals surface area contributed by atoms with Gasteiger partial charge in [-0.25, -0.2) is 0 Å². The lowest BCUT2D eigenvalue weighted by molar-refractivity contribution is -0.520. The van der Waals surface area contributed by atoms with Gasteiger partial charge in [0, 0.05) is 21.9 Å². The van der Waals surface area contributed by atoms with E-state index in [1.165, 1.54) is 6.92 Å². The molecule has 0 aliphatic rings. The number of hydrogen-bond acceptors (Lipinski definition) is 5. The van der Waals surface area contributed by atoms with Gasteiger partial charge >= 0.3 is 5.97 Å². The fourth-order valence-corrected chi connectivity index (χ4v) is 2.93. The number of hydrogen-bond donors (Lipinski definition) is 3. The minimum Gasteiger partial charge on any atom is -0.480 e. The van der Waals surface area contributed by atoms with Crippen LogP contribution in [0.2, 0.25) is 10.0 Å². The zero-order valence-electron chi connectivity index (χ0n) is 16.0. The van der Waals surface area contributed by atoms with E-state index in [1.54, 1.807) is 31.2 Å². The third-order valence-electron chi connectivity index (χ3n) is 4.19. The highest BCUT2D eigenvalue weighted by Crippen LogP contribution is 2.31. The maximum atomic E-state index is 11.2. The molecular weight excluding hydrogens is 419 g/mol. The van der Waals surface area contributed by atoms with Gasteiger partial charge in [0.05, 0.1) is 12.0 Å². The van der Waals surface area contributed by atoms with Gasteiger partial charge in [0.15, 0.2) is 0 Å². The third-order valence-corrected chi connectivity index (χ3v) is 4.69. The molecule has 4 N–H and O–H groups in total. The lowest BCUT2D eigenvalue weighted by atomic mass is 9.86. The van der Waals surface area contributed by atoms with E-state index in [9.17, 15) is 14.9 Å². The van der Waals surface area contributed by atoms with Crippen LogP contribution in [0.4, 0.5) is 0 Å². The van der Waals surface area contributed by atoms with E-state index in [4.69, 9.17) is 39.1 Å². The van der Waals surface area contributed by atoms with Gasteiger partial charge in [0.1, 0.15) is 6.04 Å². The molecule has 0 aromatic heterocycles. The molecule has 0 spiro atoms. The van der Waals surface area contributed by atoms with E-state index in [0.717, 1.165) is 11.1 Å². The Hall–Kier alpha value is -2.19. The number of benzene rings is 2. The summed E-state index contributed by atoms with van der Waals surface area (Å²) in [5.41, 5.74) is 6.78. The molecule has 2 aromatic rings. The van der Waals surface area contributed by atoms with Crippen molar-refractivity contribution in [3.63, 3.8) is 0 Å². The molecule has 0 saturated carbocycles. The molecule has 0 radical (unpaired) electrons. The van der Waals surface area contributed by atoms with E-state index >= 15 is 0 Å². The van der Waals surface area contributed by atoms with Crippen LogP contribution in [-0.4, -0.2) is 39.3 Å². The Balaban J connectivity index is 0.000000396. The molecule has 0 fully saturated rings. The molecule has 0 aliphatic heterocycles. The van der Waals surface area contributed by atoms with Gasteiger partial charge in [0.25, 0.3) is 0 Å². The van der Waals surface area contributed by atoms with Crippen molar-refractivity contribution in [2.24, 2.45) is 5.73 Å². The van der Waals surface area contributed by atoms with Gasteiger partial charge < -0.3 is 15.9 Å². The van der Waals surface area contributed by atoms with Crippen LogP contribution >= 0.6 is 23.2 Å². The number of aliphatic hydroxyl groups is 1. The fraction of sp³-hybridized carbons (Fsp3) is 0.350. The van der Waals surface area contributed by atoms with Crippen molar-refractivity contribution in [2.75, 3.05) is 0 Å². The second-order valence-corrected chi connectivity index (χ2v) is 7.51. The SMILES string of the molecule is CC(C(c1ccc(Cl)cc1)c1ccc(Cl)cc1)[N+](=O)[O-].CC(O)CC(N)C(=O)O. The zero-order chi connectivity index (χ0) is 22.1. The molecule has 7 nitrogen and oxygen atoms in total. The lowest BCUT2D eigenvalue weighted by Crippen LogP contribution is -2.33. The number of aliphatic carboxylic acids is 1. The quantitative estimate of drug-likeness (QED) is 0.439. The molecule has 3 unspecified atom stereocenters. The predicted octanol–water partition coefficient (Wildman–Crippen LogP) is 3.96. The summed E-state index contributed by atoms with van der Waals surface area (Å²) in [4.78, 5) is 20.9. The van der Waals surface area contributed by atoms with Crippen molar-refractivity contribution in [1.82, 2.24) is 0 Å². The maximum absolute atomic E-state index is 11.2. The van der Waals surface area contributed by atoms with E-state index in [0.29, 0.717) is 10.0 Å². The molecular formula is C20H24Cl2N2O5. The topological polar surface area (TPSA) is 127 Å². The molecule has 3 atom stereocenters. The summed E-state index contributed by atoms with van der Waals surface area (Å²) >= 11 is 11.7. The van der Waals surface area contributed by atoms with Crippen LogP contribution in [0.5, 0.6) is 0 Å². The second-order valence-electron chi connectivity index (χ2n) is 6.64. The number of halogens is 2. The van der Waals surface area contributed by atoms with Crippen LogP contribution in [0.3, 0.4) is 0 Å². The third kappa shape index (κ3) is 8.37. The smallest absolute Gasteiger partial charge is 0.320 e. The average Bonchev–Trinajstić information content (AvgIpc) is 2.64. The number of nitrogens with zero attached hydrogens (tertiary/aromatic N) is 1. The summed E-state index contributed by atoms with van der Waals surface area (Å²) in [6.45, 7) is 3.11. The summed E-state index contributed by atoms with van der Waals surface area (Å²) in [6, 6.07) is 12.6. The zero-order valence-corrected chi connectivity index (χ0v) is 17.5. The molecule has 9 heteroatoms. The Morgan fingerprint density at radius 3 is 1.66 bits per heavy atom. The van der Waals surface area contributed by atoms with Gasteiger partial charge in [-0.2, -0.15) is 0 Å². The number of carbonyl (C=O) groups is 1. The fourth-order valence-electron chi connectivity index (χ4n) is 2.68. The number of nitro groups is 1. The van der Waals surface area contributed by atoms with Gasteiger partial charge in [-0.1, -0.05) is 47.5 Å². The van der Waals surface area contributed by atoms with Crippen LogP contribution < -0.4 is 5.73 Å². The van der Waals surface area contributed by atoms with Crippen molar-refractivity contribution in [3.8, 4) is 0 Å². The molecule has 0 heterocycles. The highest BCUT2D eigenvalue weighted by atomic mass is 35.5. The van der Waals surface area contributed by atoms with E-state index in [2.05, 4.69) is 0 Å². The molecule has 0 amide bonds.